The van der Waals surface area contributed by atoms with Crippen molar-refractivity contribution in [3.8, 4) is 0 Å². The largest absolute Gasteiger partial charge is 0.382 e. The lowest BCUT2D eigenvalue weighted by Crippen LogP contribution is -2.27. The molecule has 0 fully saturated rings. The molecule has 5 nitrogen and oxygen atoms in total. The lowest BCUT2D eigenvalue weighted by atomic mass is 10.3. The molecule has 0 saturated carbocycles. The molecule has 0 bridgehead atoms. The van der Waals surface area contributed by atoms with Crippen molar-refractivity contribution >= 4 is 17.5 Å². The summed E-state index contributed by atoms with van der Waals surface area (Å²) in [6.45, 7) is 3.85. The van der Waals surface area contributed by atoms with E-state index in [1.807, 2.05) is 6.92 Å². The first-order chi connectivity index (χ1) is 7.66. The molecule has 0 saturated heterocycles. The molecule has 1 rings (SSSR count). The summed E-state index contributed by atoms with van der Waals surface area (Å²) in [5, 5.41) is 7.02. The Bertz CT molecular complexity index is 332. The van der Waals surface area contributed by atoms with Crippen LogP contribution in [0.1, 0.15) is 23.8 Å². The summed E-state index contributed by atoms with van der Waals surface area (Å²) in [7, 11) is 1.68. The van der Waals surface area contributed by atoms with Gasteiger partial charge in [-0.15, -0.1) is 0 Å². The Morgan fingerprint density at radius 3 is 3.00 bits per heavy atom. The molecule has 1 aromatic rings. The van der Waals surface area contributed by atoms with Gasteiger partial charge < -0.3 is 10.1 Å². The maximum atomic E-state index is 11.7. The van der Waals surface area contributed by atoms with Crippen molar-refractivity contribution in [2.24, 2.45) is 7.05 Å². The molecular formula is C10H16ClN3O2. The zero-order chi connectivity index (χ0) is 12.0. The van der Waals surface area contributed by atoms with Crippen LogP contribution in [0.2, 0.25) is 5.02 Å². The summed E-state index contributed by atoms with van der Waals surface area (Å²) in [5.74, 6) is -0.207. The Balaban J connectivity index is 2.36. The third kappa shape index (κ3) is 3.50. The molecule has 0 aliphatic heterocycles. The molecule has 0 unspecified atom stereocenters. The quantitative estimate of drug-likeness (QED) is 0.767. The second-order valence-electron chi connectivity index (χ2n) is 3.27. The third-order valence-corrected chi connectivity index (χ3v) is 2.34. The van der Waals surface area contributed by atoms with Crippen LogP contribution >= 0.6 is 11.6 Å². The van der Waals surface area contributed by atoms with E-state index in [1.165, 1.54) is 10.9 Å². The summed E-state index contributed by atoms with van der Waals surface area (Å²) >= 11 is 5.83. The fourth-order valence-electron chi connectivity index (χ4n) is 1.27. The molecule has 0 spiro atoms. The molecule has 0 aliphatic carbocycles. The van der Waals surface area contributed by atoms with Crippen LogP contribution in [0.25, 0.3) is 0 Å². The zero-order valence-electron chi connectivity index (χ0n) is 9.49. The Hall–Kier alpha value is -1.07. The Morgan fingerprint density at radius 2 is 2.44 bits per heavy atom. The number of nitrogens with zero attached hydrogens (tertiary/aromatic N) is 2. The van der Waals surface area contributed by atoms with Crippen molar-refractivity contribution in [2.45, 2.75) is 13.3 Å². The molecule has 16 heavy (non-hydrogen) atoms. The van der Waals surface area contributed by atoms with E-state index in [1.54, 1.807) is 7.05 Å². The average Bonchev–Trinajstić information content (AvgIpc) is 2.58. The standard InChI is InChI=1S/C10H16ClN3O2/c1-3-16-6-4-5-12-10(15)9-8(11)7-13-14(9)2/h7H,3-6H2,1-2H3,(H,12,15). The van der Waals surface area contributed by atoms with Gasteiger partial charge in [0.1, 0.15) is 5.69 Å². The molecule has 0 aliphatic rings. The number of carbonyl (C=O) groups is 1. The van der Waals surface area contributed by atoms with Gasteiger partial charge in [-0.05, 0) is 13.3 Å². The van der Waals surface area contributed by atoms with Crippen molar-refractivity contribution in [2.75, 3.05) is 19.8 Å². The second-order valence-corrected chi connectivity index (χ2v) is 3.68. The van der Waals surface area contributed by atoms with Crippen LogP contribution < -0.4 is 5.32 Å². The minimum Gasteiger partial charge on any atom is -0.382 e. The smallest absolute Gasteiger partial charge is 0.271 e. The number of hydrogen-bond acceptors (Lipinski definition) is 3. The Morgan fingerprint density at radius 1 is 1.69 bits per heavy atom. The Kier molecular flexibility index (Phi) is 5.28. The summed E-state index contributed by atoms with van der Waals surface area (Å²) in [6, 6.07) is 0. The van der Waals surface area contributed by atoms with E-state index in [2.05, 4.69) is 10.4 Å². The predicted octanol–water partition coefficient (Wildman–Crippen LogP) is 1.23. The molecular weight excluding hydrogens is 230 g/mol. The lowest BCUT2D eigenvalue weighted by Gasteiger charge is -2.05. The van der Waals surface area contributed by atoms with Crippen LogP contribution in [-0.4, -0.2) is 35.4 Å². The monoisotopic (exact) mass is 245 g/mol. The lowest BCUT2D eigenvalue weighted by molar-refractivity contribution is 0.0935. The minimum atomic E-state index is -0.207. The van der Waals surface area contributed by atoms with Gasteiger partial charge in [-0.3, -0.25) is 9.48 Å². The first-order valence-corrected chi connectivity index (χ1v) is 5.58. The number of halogens is 1. The normalized spacial score (nSPS) is 10.4. The number of amides is 1. The molecule has 90 valence electrons. The topological polar surface area (TPSA) is 56.1 Å². The summed E-state index contributed by atoms with van der Waals surface area (Å²) in [5.41, 5.74) is 0.387. The summed E-state index contributed by atoms with van der Waals surface area (Å²) in [4.78, 5) is 11.7. The zero-order valence-corrected chi connectivity index (χ0v) is 10.3. The number of nitrogens with one attached hydrogen (secondary N) is 1. The number of ether oxygens (including phenoxy) is 1. The first kappa shape index (κ1) is 13.0. The molecule has 0 radical (unpaired) electrons. The van der Waals surface area contributed by atoms with Crippen LogP contribution in [0.15, 0.2) is 6.20 Å². The van der Waals surface area contributed by atoms with Crippen molar-refractivity contribution in [1.29, 1.82) is 0 Å². The number of hydrogen-bond donors (Lipinski definition) is 1. The van der Waals surface area contributed by atoms with E-state index in [4.69, 9.17) is 16.3 Å². The molecule has 1 aromatic heterocycles. The molecule has 1 amide bonds. The van der Waals surface area contributed by atoms with Gasteiger partial charge in [0.2, 0.25) is 0 Å². The molecule has 0 aromatic carbocycles. The maximum absolute atomic E-state index is 11.7. The SMILES string of the molecule is CCOCCCNC(=O)c1c(Cl)cnn1C. The van der Waals surface area contributed by atoms with Crippen molar-refractivity contribution in [1.82, 2.24) is 15.1 Å². The number of aryl methyl sites for hydroxylation is 1. The van der Waals surface area contributed by atoms with E-state index < -0.39 is 0 Å². The van der Waals surface area contributed by atoms with Crippen LogP contribution in [-0.2, 0) is 11.8 Å². The fraction of sp³-hybridized carbons (Fsp3) is 0.600. The minimum absolute atomic E-state index is 0.207. The Labute approximate surface area is 99.7 Å². The van der Waals surface area contributed by atoms with Gasteiger partial charge in [0.15, 0.2) is 0 Å². The fourth-order valence-corrected chi connectivity index (χ4v) is 1.52. The van der Waals surface area contributed by atoms with Crippen LogP contribution in [0, 0.1) is 0 Å². The van der Waals surface area contributed by atoms with Crippen LogP contribution in [0.3, 0.4) is 0 Å². The van der Waals surface area contributed by atoms with E-state index >= 15 is 0 Å². The van der Waals surface area contributed by atoms with Gasteiger partial charge in [-0.1, -0.05) is 11.6 Å². The van der Waals surface area contributed by atoms with Gasteiger partial charge in [-0.2, -0.15) is 5.10 Å². The van der Waals surface area contributed by atoms with Gasteiger partial charge in [0, 0.05) is 26.8 Å². The van der Waals surface area contributed by atoms with E-state index in [0.717, 1.165) is 6.42 Å². The summed E-state index contributed by atoms with van der Waals surface area (Å²) < 4.78 is 6.62. The second kappa shape index (κ2) is 6.50. The molecule has 1 N–H and O–H groups in total. The third-order valence-electron chi connectivity index (χ3n) is 2.06. The highest BCUT2D eigenvalue weighted by atomic mass is 35.5. The average molecular weight is 246 g/mol. The number of carbonyl (C=O) groups excluding carboxylic acids is 1. The van der Waals surface area contributed by atoms with Crippen LogP contribution in [0.4, 0.5) is 0 Å². The highest BCUT2D eigenvalue weighted by Gasteiger charge is 2.14. The van der Waals surface area contributed by atoms with Crippen molar-refractivity contribution in [3.63, 3.8) is 0 Å². The molecule has 0 atom stereocenters. The van der Waals surface area contributed by atoms with Gasteiger partial charge in [0.25, 0.3) is 5.91 Å². The van der Waals surface area contributed by atoms with E-state index in [-0.39, 0.29) is 5.91 Å². The summed E-state index contributed by atoms with van der Waals surface area (Å²) in [6.07, 6.45) is 2.24. The predicted molar refractivity (Wildman–Crippen MR) is 61.7 cm³/mol. The van der Waals surface area contributed by atoms with Gasteiger partial charge in [0.05, 0.1) is 11.2 Å². The number of aromatic nitrogens is 2. The van der Waals surface area contributed by atoms with Crippen LogP contribution in [0.5, 0.6) is 0 Å². The maximum Gasteiger partial charge on any atom is 0.271 e. The molecule has 1 heterocycles. The van der Waals surface area contributed by atoms with Gasteiger partial charge >= 0.3 is 0 Å². The molecule has 6 heteroatoms. The van der Waals surface area contributed by atoms with Crippen molar-refractivity contribution < 1.29 is 9.53 Å². The van der Waals surface area contributed by atoms with E-state index in [0.29, 0.717) is 30.5 Å². The van der Waals surface area contributed by atoms with Crippen molar-refractivity contribution in [3.05, 3.63) is 16.9 Å². The highest BCUT2D eigenvalue weighted by molar-refractivity contribution is 6.33. The van der Waals surface area contributed by atoms with E-state index in [9.17, 15) is 4.79 Å². The first-order valence-electron chi connectivity index (χ1n) is 5.20. The van der Waals surface area contributed by atoms with Gasteiger partial charge in [-0.25, -0.2) is 0 Å². The highest BCUT2D eigenvalue weighted by Crippen LogP contribution is 2.13. The number of rotatable bonds is 6.